The van der Waals surface area contributed by atoms with Gasteiger partial charge in [-0.15, -0.1) is 0 Å². The first kappa shape index (κ1) is 22.2. The second-order valence-electron chi connectivity index (χ2n) is 6.65. The number of hydrogen-bond donors (Lipinski definition) is 0. The summed E-state index contributed by atoms with van der Waals surface area (Å²) in [5.74, 6) is -12.4. The molecule has 0 unspecified atom stereocenters. The van der Waals surface area contributed by atoms with Gasteiger partial charge >= 0.3 is 5.97 Å². The number of carbonyl (C=O) groups is 1. The molecule has 1 heterocycles. The number of hydrogen-bond acceptors (Lipinski definition) is 4. The van der Waals surface area contributed by atoms with Crippen molar-refractivity contribution in [2.45, 2.75) is 24.3 Å². The number of rotatable bonds is 5. The van der Waals surface area contributed by atoms with Gasteiger partial charge in [0, 0.05) is 13.1 Å². The van der Waals surface area contributed by atoms with Crippen LogP contribution in [0.25, 0.3) is 0 Å². The number of benzene rings is 2. The maximum absolute atomic E-state index is 13.7. The van der Waals surface area contributed by atoms with E-state index in [9.17, 15) is 35.2 Å². The molecule has 0 aliphatic carbocycles. The molecule has 0 bridgehead atoms. The molecular weight excluding hydrogens is 433 g/mol. The van der Waals surface area contributed by atoms with Crippen molar-refractivity contribution in [2.75, 3.05) is 13.1 Å². The summed E-state index contributed by atoms with van der Waals surface area (Å²) in [5, 5.41) is 0. The molecule has 2 aromatic rings. The second-order valence-corrected chi connectivity index (χ2v) is 8.59. The van der Waals surface area contributed by atoms with Crippen LogP contribution in [-0.4, -0.2) is 31.8 Å². The van der Waals surface area contributed by atoms with Crippen LogP contribution in [0.2, 0.25) is 0 Å². The van der Waals surface area contributed by atoms with E-state index < -0.39 is 63.2 Å². The van der Waals surface area contributed by atoms with Crippen LogP contribution >= 0.6 is 0 Å². The minimum absolute atomic E-state index is 0.0134. The van der Waals surface area contributed by atoms with Crippen LogP contribution in [-0.2, 0) is 26.2 Å². The third-order valence-corrected chi connectivity index (χ3v) is 6.74. The van der Waals surface area contributed by atoms with Gasteiger partial charge in [0.25, 0.3) is 0 Å². The molecule has 3 rings (SSSR count). The highest BCUT2D eigenvalue weighted by Crippen LogP contribution is 2.27. The van der Waals surface area contributed by atoms with Crippen LogP contribution in [0.1, 0.15) is 18.4 Å². The van der Waals surface area contributed by atoms with Gasteiger partial charge in [0.15, 0.2) is 23.3 Å². The van der Waals surface area contributed by atoms with Gasteiger partial charge in [0.2, 0.25) is 15.8 Å². The average Bonchev–Trinajstić information content (AvgIpc) is 2.77. The first-order chi connectivity index (χ1) is 14.1. The van der Waals surface area contributed by atoms with Crippen molar-refractivity contribution in [2.24, 2.45) is 5.92 Å². The lowest BCUT2D eigenvalue weighted by Crippen LogP contribution is -2.40. The summed E-state index contributed by atoms with van der Waals surface area (Å²) in [6, 6.07) is 7.72. The number of esters is 1. The molecule has 1 saturated heterocycles. The second kappa shape index (κ2) is 8.68. The van der Waals surface area contributed by atoms with Crippen molar-refractivity contribution in [3.05, 3.63) is 65.0 Å². The number of piperidine rings is 1. The minimum Gasteiger partial charge on any atom is -0.460 e. The molecule has 2 aromatic carbocycles. The Kier molecular flexibility index (Phi) is 6.41. The van der Waals surface area contributed by atoms with E-state index in [1.807, 2.05) is 0 Å². The van der Waals surface area contributed by atoms with Crippen molar-refractivity contribution >= 4 is 16.0 Å². The van der Waals surface area contributed by atoms with Gasteiger partial charge in [-0.25, -0.2) is 30.4 Å². The lowest BCUT2D eigenvalue weighted by molar-refractivity contribution is -0.151. The number of halogens is 5. The van der Waals surface area contributed by atoms with Gasteiger partial charge in [-0.05, 0) is 25.0 Å². The van der Waals surface area contributed by atoms with E-state index >= 15 is 0 Å². The third-order valence-electron chi connectivity index (χ3n) is 4.83. The Morgan fingerprint density at radius 2 is 1.40 bits per heavy atom. The molecule has 0 amide bonds. The van der Waals surface area contributed by atoms with E-state index in [1.165, 1.54) is 16.4 Å². The van der Waals surface area contributed by atoms with Crippen LogP contribution in [0, 0.1) is 35.0 Å². The Labute approximate surface area is 169 Å². The standard InChI is InChI=1S/C19H16F5NO4S/c20-14-13(15(21)17(23)18(24)16(14)22)10-29-19(26)11-6-8-25(9-7-11)30(27,28)12-4-2-1-3-5-12/h1-5,11H,6-10H2. The molecule has 0 saturated carbocycles. The summed E-state index contributed by atoms with van der Waals surface area (Å²) in [7, 11) is -3.73. The maximum Gasteiger partial charge on any atom is 0.309 e. The van der Waals surface area contributed by atoms with Crippen LogP contribution in [0.15, 0.2) is 35.2 Å². The molecule has 0 atom stereocenters. The van der Waals surface area contributed by atoms with Crippen LogP contribution < -0.4 is 0 Å². The lowest BCUT2D eigenvalue weighted by Gasteiger charge is -2.30. The summed E-state index contributed by atoms with van der Waals surface area (Å²) in [6.07, 6.45) is 0.171. The van der Waals surface area contributed by atoms with Crippen molar-refractivity contribution in [3.63, 3.8) is 0 Å². The van der Waals surface area contributed by atoms with Crippen molar-refractivity contribution in [3.8, 4) is 0 Å². The molecule has 0 aromatic heterocycles. The third kappa shape index (κ3) is 4.17. The summed E-state index contributed by atoms with van der Waals surface area (Å²) in [4.78, 5) is 12.3. The Hall–Kier alpha value is -2.53. The van der Waals surface area contributed by atoms with Gasteiger partial charge in [-0.1, -0.05) is 18.2 Å². The zero-order valence-corrected chi connectivity index (χ0v) is 16.2. The Morgan fingerprint density at radius 1 is 0.900 bits per heavy atom. The molecule has 0 radical (unpaired) electrons. The normalized spacial score (nSPS) is 15.9. The molecule has 1 aliphatic heterocycles. The van der Waals surface area contributed by atoms with Crippen LogP contribution in [0.5, 0.6) is 0 Å². The van der Waals surface area contributed by atoms with Crippen molar-refractivity contribution in [1.29, 1.82) is 0 Å². The molecule has 1 aliphatic rings. The number of carbonyl (C=O) groups excluding carboxylic acids is 1. The molecule has 30 heavy (non-hydrogen) atoms. The minimum atomic E-state index is -3.73. The fourth-order valence-corrected chi connectivity index (χ4v) is 4.60. The fraction of sp³-hybridized carbons (Fsp3) is 0.316. The zero-order valence-electron chi connectivity index (χ0n) is 15.4. The number of nitrogens with zero attached hydrogens (tertiary/aromatic N) is 1. The average molecular weight is 449 g/mol. The topological polar surface area (TPSA) is 63.7 Å². The highest BCUT2D eigenvalue weighted by Gasteiger charge is 2.33. The predicted molar refractivity (Wildman–Crippen MR) is 94.0 cm³/mol. The number of ether oxygens (including phenoxy) is 1. The fourth-order valence-electron chi connectivity index (χ4n) is 3.11. The van der Waals surface area contributed by atoms with E-state index in [1.54, 1.807) is 18.2 Å². The quantitative estimate of drug-likeness (QED) is 0.303. The van der Waals surface area contributed by atoms with Crippen molar-refractivity contribution < 1.29 is 39.9 Å². The maximum atomic E-state index is 13.7. The molecule has 5 nitrogen and oxygen atoms in total. The Morgan fingerprint density at radius 3 is 1.93 bits per heavy atom. The SMILES string of the molecule is O=C(OCc1c(F)c(F)c(F)c(F)c1F)C1CCN(S(=O)(=O)c2ccccc2)CC1. The smallest absolute Gasteiger partial charge is 0.309 e. The molecule has 11 heteroatoms. The Balaban J connectivity index is 1.62. The highest BCUT2D eigenvalue weighted by molar-refractivity contribution is 7.89. The Bertz CT molecular complexity index is 1030. The van der Waals surface area contributed by atoms with E-state index in [0.717, 1.165) is 0 Å². The summed E-state index contributed by atoms with van der Waals surface area (Å²) >= 11 is 0. The monoisotopic (exact) mass is 449 g/mol. The van der Waals surface area contributed by atoms with E-state index in [4.69, 9.17) is 4.74 Å². The van der Waals surface area contributed by atoms with Crippen molar-refractivity contribution in [1.82, 2.24) is 4.31 Å². The summed E-state index contributed by atoms with van der Waals surface area (Å²) in [6.45, 7) is -1.10. The molecule has 1 fully saturated rings. The number of sulfonamides is 1. The van der Waals surface area contributed by atoms with Gasteiger partial charge < -0.3 is 4.74 Å². The zero-order chi connectivity index (χ0) is 22.1. The first-order valence-electron chi connectivity index (χ1n) is 8.86. The van der Waals surface area contributed by atoms with E-state index in [-0.39, 0.29) is 30.8 Å². The first-order valence-corrected chi connectivity index (χ1v) is 10.3. The highest BCUT2D eigenvalue weighted by atomic mass is 32.2. The van der Waals surface area contributed by atoms with E-state index in [0.29, 0.717) is 0 Å². The summed E-state index contributed by atoms with van der Waals surface area (Å²) < 4.78 is 97.9. The van der Waals surface area contributed by atoms with Gasteiger partial charge in [0.1, 0.15) is 6.61 Å². The van der Waals surface area contributed by atoms with Gasteiger partial charge in [0.05, 0.1) is 16.4 Å². The van der Waals surface area contributed by atoms with Gasteiger partial charge in [-0.2, -0.15) is 4.31 Å². The van der Waals surface area contributed by atoms with Crippen LogP contribution in [0.3, 0.4) is 0 Å². The molecule has 162 valence electrons. The van der Waals surface area contributed by atoms with Crippen LogP contribution in [0.4, 0.5) is 22.0 Å². The molecular formula is C19H16F5NO4S. The lowest BCUT2D eigenvalue weighted by atomic mass is 9.98. The van der Waals surface area contributed by atoms with Gasteiger partial charge in [-0.3, -0.25) is 4.79 Å². The van der Waals surface area contributed by atoms with E-state index in [2.05, 4.69) is 0 Å². The largest absolute Gasteiger partial charge is 0.460 e. The molecule has 0 spiro atoms. The molecule has 0 N–H and O–H groups in total. The predicted octanol–water partition coefficient (Wildman–Crippen LogP) is 3.53. The summed E-state index contributed by atoms with van der Waals surface area (Å²) in [5.41, 5.74) is -1.25.